The minimum atomic E-state index is -0.698. The molecule has 98 valence electrons. The fraction of sp³-hybridized carbons (Fsp3) is 0.923. The molecule has 1 aliphatic heterocycles. The number of rotatable bonds is 3. The van der Waals surface area contributed by atoms with Gasteiger partial charge < -0.3 is 5.11 Å². The van der Waals surface area contributed by atoms with Gasteiger partial charge in [-0.25, -0.2) is 0 Å². The Hall–Kier alpha value is -0.610. The van der Waals surface area contributed by atoms with Crippen LogP contribution in [0.5, 0.6) is 0 Å². The Balaban J connectivity index is 1.80. The van der Waals surface area contributed by atoms with Crippen molar-refractivity contribution < 1.29 is 9.90 Å². The zero-order valence-electron chi connectivity index (χ0n) is 10.6. The zero-order chi connectivity index (χ0) is 12.1. The molecule has 1 heterocycles. The van der Waals surface area contributed by atoms with Crippen molar-refractivity contribution in [3.05, 3.63) is 0 Å². The number of carboxylic acid groups (broad SMARTS) is 1. The first kappa shape index (κ1) is 12.8. The van der Waals surface area contributed by atoms with Crippen molar-refractivity contribution in [1.82, 2.24) is 9.80 Å². The molecular weight excluding hydrogens is 216 g/mol. The summed E-state index contributed by atoms with van der Waals surface area (Å²) in [5.74, 6) is -0.698. The van der Waals surface area contributed by atoms with Gasteiger partial charge in [-0.3, -0.25) is 14.6 Å². The van der Waals surface area contributed by atoms with Gasteiger partial charge in [0, 0.05) is 25.7 Å². The van der Waals surface area contributed by atoms with E-state index in [9.17, 15) is 4.79 Å². The lowest BCUT2D eigenvalue weighted by Crippen LogP contribution is -2.40. The van der Waals surface area contributed by atoms with Gasteiger partial charge >= 0.3 is 5.97 Å². The Bertz CT molecular complexity index is 252. The first-order chi connectivity index (χ1) is 8.25. The summed E-state index contributed by atoms with van der Waals surface area (Å²) >= 11 is 0. The predicted octanol–water partition coefficient (Wildman–Crippen LogP) is 1.41. The van der Waals surface area contributed by atoms with E-state index < -0.39 is 5.97 Å². The van der Waals surface area contributed by atoms with E-state index in [0.717, 1.165) is 38.6 Å². The lowest BCUT2D eigenvalue weighted by atomic mass is 9.94. The van der Waals surface area contributed by atoms with E-state index in [4.69, 9.17) is 5.11 Å². The predicted molar refractivity (Wildman–Crippen MR) is 67.1 cm³/mol. The lowest BCUT2D eigenvalue weighted by molar-refractivity contribution is -0.138. The molecule has 1 N–H and O–H groups in total. The Morgan fingerprint density at radius 2 is 1.76 bits per heavy atom. The second kappa shape index (κ2) is 6.36. The SMILES string of the molecule is O=C(O)CN1CCCN(C2CCCCC2)CC1. The smallest absolute Gasteiger partial charge is 0.317 e. The molecule has 0 aromatic carbocycles. The zero-order valence-corrected chi connectivity index (χ0v) is 10.6. The molecule has 0 bridgehead atoms. The fourth-order valence-electron chi connectivity index (χ4n) is 3.15. The van der Waals surface area contributed by atoms with Crippen molar-refractivity contribution in [2.45, 2.75) is 44.6 Å². The quantitative estimate of drug-likeness (QED) is 0.810. The molecule has 0 unspecified atom stereocenters. The number of carboxylic acids is 1. The molecule has 0 aromatic rings. The molecule has 1 aliphatic carbocycles. The average Bonchev–Trinajstić information content (AvgIpc) is 2.55. The van der Waals surface area contributed by atoms with Crippen LogP contribution in [0, 0.1) is 0 Å². The number of nitrogens with zero attached hydrogens (tertiary/aromatic N) is 2. The molecule has 1 saturated carbocycles. The highest BCUT2D eigenvalue weighted by molar-refractivity contribution is 5.69. The molecular formula is C13H24N2O2. The second-order valence-corrected chi connectivity index (χ2v) is 5.35. The van der Waals surface area contributed by atoms with E-state index in [-0.39, 0.29) is 6.54 Å². The van der Waals surface area contributed by atoms with Crippen molar-refractivity contribution in [2.75, 3.05) is 32.7 Å². The van der Waals surface area contributed by atoms with Crippen LogP contribution in [0.15, 0.2) is 0 Å². The third kappa shape index (κ3) is 3.96. The Morgan fingerprint density at radius 3 is 2.47 bits per heavy atom. The van der Waals surface area contributed by atoms with E-state index in [1.54, 1.807) is 0 Å². The van der Waals surface area contributed by atoms with Crippen LogP contribution in [-0.4, -0.2) is 59.6 Å². The minimum absolute atomic E-state index is 0.207. The van der Waals surface area contributed by atoms with Gasteiger partial charge in [0.15, 0.2) is 0 Å². The topological polar surface area (TPSA) is 43.8 Å². The molecule has 4 heteroatoms. The number of hydrogen-bond acceptors (Lipinski definition) is 3. The molecule has 4 nitrogen and oxygen atoms in total. The van der Waals surface area contributed by atoms with Gasteiger partial charge in [-0.1, -0.05) is 19.3 Å². The molecule has 2 aliphatic rings. The molecule has 0 aromatic heterocycles. The summed E-state index contributed by atoms with van der Waals surface area (Å²) in [4.78, 5) is 15.4. The standard InChI is InChI=1S/C13H24N2O2/c16-13(17)11-14-7-4-8-15(10-9-14)12-5-2-1-3-6-12/h12H,1-11H2,(H,16,17). The van der Waals surface area contributed by atoms with E-state index in [1.807, 2.05) is 0 Å². The van der Waals surface area contributed by atoms with Crippen molar-refractivity contribution >= 4 is 5.97 Å². The van der Waals surface area contributed by atoms with Gasteiger partial charge in [0.1, 0.15) is 0 Å². The monoisotopic (exact) mass is 240 g/mol. The van der Waals surface area contributed by atoms with Gasteiger partial charge in [0.2, 0.25) is 0 Å². The summed E-state index contributed by atoms with van der Waals surface area (Å²) in [5.41, 5.74) is 0. The number of hydrogen-bond donors (Lipinski definition) is 1. The van der Waals surface area contributed by atoms with Crippen LogP contribution < -0.4 is 0 Å². The van der Waals surface area contributed by atoms with E-state index in [1.165, 1.54) is 32.1 Å². The van der Waals surface area contributed by atoms with Gasteiger partial charge in [0.05, 0.1) is 6.54 Å². The molecule has 1 saturated heterocycles. The van der Waals surface area contributed by atoms with Crippen molar-refractivity contribution in [1.29, 1.82) is 0 Å². The second-order valence-electron chi connectivity index (χ2n) is 5.35. The summed E-state index contributed by atoms with van der Waals surface area (Å²) in [7, 11) is 0. The highest BCUT2D eigenvalue weighted by Crippen LogP contribution is 2.23. The molecule has 2 fully saturated rings. The largest absolute Gasteiger partial charge is 0.480 e. The van der Waals surface area contributed by atoms with E-state index >= 15 is 0 Å². The van der Waals surface area contributed by atoms with E-state index in [0.29, 0.717) is 0 Å². The summed E-state index contributed by atoms with van der Waals surface area (Å²) in [6, 6.07) is 0.772. The molecule has 0 spiro atoms. The maximum atomic E-state index is 10.7. The van der Waals surface area contributed by atoms with Crippen molar-refractivity contribution in [2.24, 2.45) is 0 Å². The minimum Gasteiger partial charge on any atom is -0.480 e. The van der Waals surface area contributed by atoms with Crippen LogP contribution in [-0.2, 0) is 4.79 Å². The highest BCUT2D eigenvalue weighted by Gasteiger charge is 2.23. The fourth-order valence-corrected chi connectivity index (χ4v) is 3.15. The number of aliphatic carboxylic acids is 1. The lowest BCUT2D eigenvalue weighted by Gasteiger charge is -2.33. The van der Waals surface area contributed by atoms with Crippen LogP contribution in [0.1, 0.15) is 38.5 Å². The van der Waals surface area contributed by atoms with Crippen LogP contribution in [0.2, 0.25) is 0 Å². The van der Waals surface area contributed by atoms with Crippen molar-refractivity contribution in [3.8, 4) is 0 Å². The van der Waals surface area contributed by atoms with Gasteiger partial charge in [0.25, 0.3) is 0 Å². The van der Waals surface area contributed by atoms with Crippen LogP contribution >= 0.6 is 0 Å². The summed E-state index contributed by atoms with van der Waals surface area (Å²) in [6.07, 6.45) is 7.96. The summed E-state index contributed by atoms with van der Waals surface area (Å²) < 4.78 is 0. The normalized spacial score (nSPS) is 25.6. The maximum Gasteiger partial charge on any atom is 0.317 e. The molecule has 2 rings (SSSR count). The first-order valence-corrected chi connectivity index (χ1v) is 6.94. The maximum absolute atomic E-state index is 10.7. The molecule has 0 amide bonds. The van der Waals surface area contributed by atoms with Gasteiger partial charge in [-0.15, -0.1) is 0 Å². The van der Waals surface area contributed by atoms with Crippen LogP contribution in [0.25, 0.3) is 0 Å². The summed E-state index contributed by atoms with van der Waals surface area (Å²) in [5, 5.41) is 8.82. The van der Waals surface area contributed by atoms with E-state index in [2.05, 4.69) is 9.80 Å². The Kier molecular flexibility index (Phi) is 4.80. The molecule has 0 atom stereocenters. The van der Waals surface area contributed by atoms with Gasteiger partial charge in [-0.05, 0) is 25.8 Å². The number of carbonyl (C=O) groups is 1. The Labute approximate surface area is 104 Å². The third-order valence-corrected chi connectivity index (χ3v) is 4.07. The molecule has 17 heavy (non-hydrogen) atoms. The summed E-state index contributed by atoms with van der Waals surface area (Å²) in [6.45, 7) is 4.27. The van der Waals surface area contributed by atoms with Crippen LogP contribution in [0.4, 0.5) is 0 Å². The van der Waals surface area contributed by atoms with Crippen LogP contribution in [0.3, 0.4) is 0 Å². The van der Waals surface area contributed by atoms with Crippen molar-refractivity contribution in [3.63, 3.8) is 0 Å². The highest BCUT2D eigenvalue weighted by atomic mass is 16.4. The average molecular weight is 240 g/mol. The van der Waals surface area contributed by atoms with Gasteiger partial charge in [-0.2, -0.15) is 0 Å². The third-order valence-electron chi connectivity index (χ3n) is 4.07. The Morgan fingerprint density at radius 1 is 1.00 bits per heavy atom. The first-order valence-electron chi connectivity index (χ1n) is 6.94. The molecule has 0 radical (unpaired) electrons.